The van der Waals surface area contributed by atoms with E-state index in [1.807, 2.05) is 30.7 Å². The second kappa shape index (κ2) is 3.75. The van der Waals surface area contributed by atoms with E-state index in [0.717, 1.165) is 4.80 Å². The van der Waals surface area contributed by atoms with Crippen molar-refractivity contribution in [1.82, 2.24) is 4.57 Å². The number of aryl methyl sites for hydroxylation is 1. The van der Waals surface area contributed by atoms with Gasteiger partial charge in [0.25, 0.3) is 0 Å². The third-order valence-corrected chi connectivity index (χ3v) is 3.08. The lowest BCUT2D eigenvalue weighted by atomic mass is 10.3. The summed E-state index contributed by atoms with van der Waals surface area (Å²) in [6, 6.07) is 8.24. The summed E-state index contributed by atoms with van der Waals surface area (Å²) in [5.74, 6) is 0. The lowest BCUT2D eigenvalue weighted by Gasteiger charge is -1.91. The third kappa shape index (κ3) is 1.48. The van der Waals surface area contributed by atoms with Crippen LogP contribution < -0.4 is 4.80 Å². The fourth-order valence-electron chi connectivity index (χ4n) is 1.29. The van der Waals surface area contributed by atoms with Gasteiger partial charge in [-0.15, -0.1) is 5.10 Å². The van der Waals surface area contributed by atoms with Crippen LogP contribution in [0, 0.1) is 0 Å². The summed E-state index contributed by atoms with van der Waals surface area (Å²) in [6.45, 7) is 1.86. The molecule has 0 amide bonds. The highest BCUT2D eigenvalue weighted by Crippen LogP contribution is 2.14. The topological polar surface area (TPSA) is 29.6 Å². The maximum atomic E-state index is 4.11. The maximum absolute atomic E-state index is 4.11. The molecule has 1 aromatic heterocycles. The highest BCUT2D eigenvalue weighted by Gasteiger charge is 1.99. The molecular weight excluding hydrogens is 194 g/mol. The Hall–Kier alpha value is -1.42. The van der Waals surface area contributed by atoms with Crippen LogP contribution in [0.5, 0.6) is 0 Å². The maximum Gasteiger partial charge on any atom is 0.211 e. The minimum Gasteiger partial charge on any atom is -0.318 e. The number of hydrogen-bond acceptors (Lipinski definition) is 3. The number of rotatable bonds is 1. The first-order valence-electron chi connectivity index (χ1n) is 4.39. The third-order valence-electron chi connectivity index (χ3n) is 1.97. The zero-order chi connectivity index (χ0) is 9.97. The van der Waals surface area contributed by atoms with Crippen molar-refractivity contribution in [2.45, 2.75) is 6.92 Å². The van der Waals surface area contributed by atoms with Crippen molar-refractivity contribution in [2.75, 3.05) is 0 Å². The van der Waals surface area contributed by atoms with E-state index in [9.17, 15) is 0 Å². The van der Waals surface area contributed by atoms with Gasteiger partial charge in [0.1, 0.15) is 0 Å². The van der Waals surface area contributed by atoms with Gasteiger partial charge in [0.2, 0.25) is 4.80 Å². The Morgan fingerprint density at radius 2 is 2.14 bits per heavy atom. The van der Waals surface area contributed by atoms with E-state index in [-0.39, 0.29) is 0 Å². The van der Waals surface area contributed by atoms with Gasteiger partial charge in [-0.1, -0.05) is 23.5 Å². The molecule has 1 aromatic carbocycles. The van der Waals surface area contributed by atoms with Crippen LogP contribution in [-0.4, -0.2) is 10.8 Å². The Morgan fingerprint density at radius 1 is 1.36 bits per heavy atom. The van der Waals surface area contributed by atoms with Crippen LogP contribution in [0.2, 0.25) is 0 Å². The van der Waals surface area contributed by atoms with E-state index >= 15 is 0 Å². The summed E-state index contributed by atoms with van der Waals surface area (Å²) in [5.41, 5.74) is 1.20. The van der Waals surface area contributed by atoms with Crippen molar-refractivity contribution in [2.24, 2.45) is 17.3 Å². The first-order valence-corrected chi connectivity index (χ1v) is 5.21. The van der Waals surface area contributed by atoms with E-state index in [1.54, 1.807) is 17.6 Å². The smallest absolute Gasteiger partial charge is 0.211 e. The molecule has 0 aliphatic carbocycles. The van der Waals surface area contributed by atoms with E-state index < -0.39 is 0 Å². The molecule has 0 saturated heterocycles. The van der Waals surface area contributed by atoms with Gasteiger partial charge < -0.3 is 4.57 Å². The Kier molecular flexibility index (Phi) is 2.45. The highest BCUT2D eigenvalue weighted by atomic mass is 32.1. The lowest BCUT2D eigenvalue weighted by molar-refractivity contribution is 0.889. The van der Waals surface area contributed by atoms with Gasteiger partial charge in [-0.05, 0) is 19.1 Å². The Morgan fingerprint density at radius 3 is 2.86 bits per heavy atom. The monoisotopic (exact) mass is 205 g/mol. The molecule has 0 spiro atoms. The first-order chi connectivity index (χ1) is 6.83. The van der Waals surface area contributed by atoms with Crippen molar-refractivity contribution in [3.8, 4) is 0 Å². The summed E-state index contributed by atoms with van der Waals surface area (Å²) in [5, 5.41) is 8.00. The van der Waals surface area contributed by atoms with E-state index in [4.69, 9.17) is 0 Å². The summed E-state index contributed by atoms with van der Waals surface area (Å²) in [6.07, 6.45) is 1.68. The Bertz CT molecular complexity index is 534. The van der Waals surface area contributed by atoms with Crippen LogP contribution >= 0.6 is 11.3 Å². The standard InChI is InChI=1S/C10H11N3S/c1-3-11-12-10-13(2)8-6-4-5-7-9(8)14-10/h3-7H,1-2H3. The van der Waals surface area contributed by atoms with Crippen LogP contribution in [0.25, 0.3) is 10.2 Å². The average molecular weight is 205 g/mol. The highest BCUT2D eigenvalue weighted by molar-refractivity contribution is 7.16. The number of fused-ring (bicyclic) bond motifs is 1. The number of nitrogens with zero attached hydrogens (tertiary/aromatic N) is 3. The van der Waals surface area contributed by atoms with Crippen molar-refractivity contribution >= 4 is 27.8 Å². The molecule has 0 saturated carbocycles. The zero-order valence-corrected chi connectivity index (χ0v) is 8.95. The van der Waals surface area contributed by atoms with Gasteiger partial charge in [0.05, 0.1) is 10.2 Å². The molecule has 3 nitrogen and oxygen atoms in total. The summed E-state index contributed by atoms with van der Waals surface area (Å²) >= 11 is 1.65. The molecule has 14 heavy (non-hydrogen) atoms. The molecule has 0 atom stereocenters. The van der Waals surface area contributed by atoms with Crippen molar-refractivity contribution in [3.05, 3.63) is 29.1 Å². The molecule has 0 N–H and O–H groups in total. The molecule has 2 rings (SSSR count). The molecule has 4 heteroatoms. The number of benzene rings is 1. The first kappa shape index (κ1) is 9.15. The number of thiazole rings is 1. The van der Waals surface area contributed by atoms with Gasteiger partial charge in [0.15, 0.2) is 0 Å². The largest absolute Gasteiger partial charge is 0.318 e. The molecule has 0 fully saturated rings. The number of aromatic nitrogens is 1. The summed E-state index contributed by atoms with van der Waals surface area (Å²) < 4.78 is 3.28. The normalized spacial score (nSPS) is 13.1. The predicted molar refractivity (Wildman–Crippen MR) is 60.5 cm³/mol. The fraction of sp³-hybridized carbons (Fsp3) is 0.200. The van der Waals surface area contributed by atoms with Gasteiger partial charge in [-0.2, -0.15) is 5.10 Å². The van der Waals surface area contributed by atoms with Gasteiger partial charge in [-0.3, -0.25) is 0 Å². The van der Waals surface area contributed by atoms with Gasteiger partial charge >= 0.3 is 0 Å². The molecular formula is C10H11N3S. The molecule has 0 aliphatic heterocycles. The Balaban J connectivity index is 2.74. The van der Waals surface area contributed by atoms with E-state index in [2.05, 4.69) is 22.3 Å². The molecule has 0 aliphatic rings. The lowest BCUT2D eigenvalue weighted by Crippen LogP contribution is -2.08. The predicted octanol–water partition coefficient (Wildman–Crippen LogP) is 2.15. The van der Waals surface area contributed by atoms with Gasteiger partial charge in [0, 0.05) is 13.3 Å². The van der Waals surface area contributed by atoms with E-state index in [0.29, 0.717) is 0 Å². The number of para-hydroxylation sites is 1. The molecule has 0 bridgehead atoms. The minimum absolute atomic E-state index is 0.921. The molecule has 72 valence electrons. The quantitative estimate of drug-likeness (QED) is 0.504. The average Bonchev–Trinajstić information content (AvgIpc) is 2.54. The molecule has 2 aromatic rings. The van der Waals surface area contributed by atoms with Crippen molar-refractivity contribution < 1.29 is 0 Å². The van der Waals surface area contributed by atoms with Crippen molar-refractivity contribution in [3.63, 3.8) is 0 Å². The van der Waals surface area contributed by atoms with Crippen molar-refractivity contribution in [1.29, 1.82) is 0 Å². The van der Waals surface area contributed by atoms with Crippen LogP contribution in [0.3, 0.4) is 0 Å². The van der Waals surface area contributed by atoms with Crippen LogP contribution in [0.4, 0.5) is 0 Å². The molecule has 0 unspecified atom stereocenters. The fourth-order valence-corrected chi connectivity index (χ4v) is 2.26. The minimum atomic E-state index is 0.921. The summed E-state index contributed by atoms with van der Waals surface area (Å²) in [4.78, 5) is 0.921. The van der Waals surface area contributed by atoms with Crippen LogP contribution in [0.1, 0.15) is 6.92 Å². The van der Waals surface area contributed by atoms with Crippen LogP contribution in [-0.2, 0) is 7.05 Å². The zero-order valence-electron chi connectivity index (χ0n) is 8.14. The Labute approximate surface area is 86.0 Å². The molecule has 1 heterocycles. The second-order valence-electron chi connectivity index (χ2n) is 2.89. The van der Waals surface area contributed by atoms with Gasteiger partial charge in [-0.25, -0.2) is 0 Å². The molecule has 0 radical (unpaired) electrons. The second-order valence-corrected chi connectivity index (χ2v) is 3.89. The SMILES string of the molecule is CC=NN=c1sc2ccccc2n1C. The number of hydrogen-bond donors (Lipinski definition) is 0. The van der Waals surface area contributed by atoms with Crippen LogP contribution in [0.15, 0.2) is 34.5 Å². The summed E-state index contributed by atoms with van der Waals surface area (Å²) in [7, 11) is 2.00. The van der Waals surface area contributed by atoms with E-state index in [1.165, 1.54) is 10.2 Å².